The van der Waals surface area contributed by atoms with Gasteiger partial charge in [0.2, 0.25) is 0 Å². The highest BCUT2D eigenvalue weighted by Crippen LogP contribution is 2.22. The number of morpholine rings is 1. The summed E-state index contributed by atoms with van der Waals surface area (Å²) in [6, 6.07) is 4.68. The SMILES string of the molecule is CCNC(=NCc1ccc(F)c(Cl)c1)N1CCOC(c2cnn(C)c2)C1. The van der Waals surface area contributed by atoms with Gasteiger partial charge in [0.15, 0.2) is 5.96 Å². The van der Waals surface area contributed by atoms with Crippen molar-refractivity contribution in [3.8, 4) is 0 Å². The molecule has 1 N–H and O–H groups in total. The first-order valence-corrected chi connectivity index (χ1v) is 9.02. The summed E-state index contributed by atoms with van der Waals surface area (Å²) >= 11 is 5.85. The molecule has 2 heterocycles. The molecule has 8 heteroatoms. The van der Waals surface area contributed by atoms with Crippen molar-refractivity contribution in [2.24, 2.45) is 12.0 Å². The average Bonchev–Trinajstić information content (AvgIpc) is 3.08. The lowest BCUT2D eigenvalue weighted by atomic mass is 10.1. The molecular formula is C18H23ClFN5O. The number of hydrogen-bond donors (Lipinski definition) is 1. The number of guanidine groups is 1. The van der Waals surface area contributed by atoms with Crippen LogP contribution < -0.4 is 5.32 Å². The van der Waals surface area contributed by atoms with Gasteiger partial charge in [-0.25, -0.2) is 9.38 Å². The van der Waals surface area contributed by atoms with Crippen molar-refractivity contribution in [1.29, 1.82) is 0 Å². The minimum absolute atomic E-state index is 0.0402. The van der Waals surface area contributed by atoms with Gasteiger partial charge in [-0.2, -0.15) is 5.10 Å². The van der Waals surface area contributed by atoms with Gasteiger partial charge in [0, 0.05) is 31.9 Å². The molecule has 1 atom stereocenters. The molecule has 1 aromatic carbocycles. The van der Waals surface area contributed by atoms with Crippen molar-refractivity contribution in [3.05, 3.63) is 52.6 Å². The molecule has 1 saturated heterocycles. The molecule has 1 aliphatic heterocycles. The fraction of sp³-hybridized carbons (Fsp3) is 0.444. The van der Waals surface area contributed by atoms with Crippen molar-refractivity contribution in [1.82, 2.24) is 20.0 Å². The highest BCUT2D eigenvalue weighted by Gasteiger charge is 2.25. The van der Waals surface area contributed by atoms with Crippen LogP contribution in [-0.2, 0) is 18.3 Å². The Balaban J connectivity index is 1.72. The maximum atomic E-state index is 13.3. The summed E-state index contributed by atoms with van der Waals surface area (Å²) in [5.41, 5.74) is 1.92. The molecule has 0 spiro atoms. The van der Waals surface area contributed by atoms with Crippen LogP contribution in [0.1, 0.15) is 24.2 Å². The smallest absolute Gasteiger partial charge is 0.194 e. The predicted molar refractivity (Wildman–Crippen MR) is 99.7 cm³/mol. The molecule has 1 unspecified atom stereocenters. The Bertz CT molecular complexity index is 779. The summed E-state index contributed by atoms with van der Waals surface area (Å²) < 4.78 is 21.0. The zero-order chi connectivity index (χ0) is 18.5. The monoisotopic (exact) mass is 379 g/mol. The lowest BCUT2D eigenvalue weighted by molar-refractivity contribution is -0.00805. The van der Waals surface area contributed by atoms with Gasteiger partial charge in [-0.3, -0.25) is 4.68 Å². The van der Waals surface area contributed by atoms with E-state index in [2.05, 4.69) is 20.3 Å². The van der Waals surface area contributed by atoms with E-state index in [1.54, 1.807) is 16.8 Å². The lowest BCUT2D eigenvalue weighted by Crippen LogP contribution is -2.48. The second kappa shape index (κ2) is 8.51. The highest BCUT2D eigenvalue weighted by atomic mass is 35.5. The first-order valence-electron chi connectivity index (χ1n) is 8.64. The zero-order valence-corrected chi connectivity index (χ0v) is 15.7. The first kappa shape index (κ1) is 18.7. The molecule has 0 bridgehead atoms. The van der Waals surface area contributed by atoms with E-state index < -0.39 is 5.82 Å². The van der Waals surface area contributed by atoms with Gasteiger partial charge in [0.05, 0.1) is 30.9 Å². The fourth-order valence-corrected chi connectivity index (χ4v) is 3.08. The third-order valence-electron chi connectivity index (χ3n) is 4.19. The van der Waals surface area contributed by atoms with E-state index in [9.17, 15) is 4.39 Å². The number of benzene rings is 1. The van der Waals surface area contributed by atoms with Crippen LogP contribution in [0.15, 0.2) is 35.6 Å². The Morgan fingerprint density at radius 1 is 1.50 bits per heavy atom. The molecule has 26 heavy (non-hydrogen) atoms. The Morgan fingerprint density at radius 2 is 2.35 bits per heavy atom. The number of hydrogen-bond acceptors (Lipinski definition) is 3. The molecule has 0 aliphatic carbocycles. The molecule has 6 nitrogen and oxygen atoms in total. The van der Waals surface area contributed by atoms with Crippen molar-refractivity contribution < 1.29 is 9.13 Å². The normalized spacial score (nSPS) is 18.2. The molecule has 1 aliphatic rings. The van der Waals surface area contributed by atoms with Gasteiger partial charge in [-0.15, -0.1) is 0 Å². The number of aromatic nitrogens is 2. The van der Waals surface area contributed by atoms with Crippen LogP contribution in [0.3, 0.4) is 0 Å². The average molecular weight is 380 g/mol. The topological polar surface area (TPSA) is 54.7 Å². The van der Waals surface area contributed by atoms with E-state index in [1.807, 2.05) is 26.4 Å². The Hall–Kier alpha value is -2.12. The van der Waals surface area contributed by atoms with Crippen molar-refractivity contribution in [2.45, 2.75) is 19.6 Å². The standard InChI is InChI=1S/C18H23ClFN5O/c1-3-21-18(22-9-13-4-5-16(20)15(19)8-13)25-6-7-26-17(12-25)14-10-23-24(2)11-14/h4-5,8,10-11,17H,3,6-7,9,12H2,1-2H3,(H,21,22). The molecule has 0 radical (unpaired) electrons. The number of rotatable bonds is 4. The van der Waals surface area contributed by atoms with Gasteiger partial charge >= 0.3 is 0 Å². The van der Waals surface area contributed by atoms with E-state index in [0.29, 0.717) is 19.7 Å². The summed E-state index contributed by atoms with van der Waals surface area (Å²) in [5.74, 6) is 0.393. The number of aryl methyl sites for hydroxylation is 1. The summed E-state index contributed by atoms with van der Waals surface area (Å²) in [4.78, 5) is 6.86. The lowest BCUT2D eigenvalue weighted by Gasteiger charge is -2.34. The molecule has 0 saturated carbocycles. The van der Waals surface area contributed by atoms with Crippen molar-refractivity contribution in [3.63, 3.8) is 0 Å². The fourth-order valence-electron chi connectivity index (χ4n) is 2.88. The number of aliphatic imine (C=N–C) groups is 1. The van der Waals surface area contributed by atoms with Crippen LogP contribution in [0.25, 0.3) is 0 Å². The maximum absolute atomic E-state index is 13.3. The van der Waals surface area contributed by atoms with Crippen LogP contribution >= 0.6 is 11.6 Å². The van der Waals surface area contributed by atoms with E-state index in [-0.39, 0.29) is 11.1 Å². The molecule has 140 valence electrons. The molecule has 1 aromatic heterocycles. The van der Waals surface area contributed by atoms with E-state index in [1.165, 1.54) is 6.07 Å². The predicted octanol–water partition coefficient (Wildman–Crippen LogP) is 2.75. The highest BCUT2D eigenvalue weighted by molar-refractivity contribution is 6.30. The number of nitrogens with one attached hydrogen (secondary N) is 1. The molecule has 2 aromatic rings. The van der Waals surface area contributed by atoms with Crippen molar-refractivity contribution in [2.75, 3.05) is 26.2 Å². The van der Waals surface area contributed by atoms with Crippen LogP contribution in [0.2, 0.25) is 5.02 Å². The molecule has 1 fully saturated rings. The Labute approximate surface area is 157 Å². The Kier molecular flexibility index (Phi) is 6.11. The van der Waals surface area contributed by atoms with Crippen LogP contribution in [0.4, 0.5) is 4.39 Å². The second-order valence-electron chi connectivity index (χ2n) is 6.17. The summed E-state index contributed by atoms with van der Waals surface area (Å²) in [6.45, 7) is 5.29. The van der Waals surface area contributed by atoms with E-state index in [0.717, 1.165) is 30.2 Å². The summed E-state index contributed by atoms with van der Waals surface area (Å²) in [7, 11) is 1.89. The van der Waals surface area contributed by atoms with Gasteiger partial charge in [-0.05, 0) is 24.6 Å². The van der Waals surface area contributed by atoms with Gasteiger partial charge in [0.1, 0.15) is 11.9 Å². The molecule has 0 amide bonds. The molecule has 3 rings (SSSR count). The van der Waals surface area contributed by atoms with Crippen LogP contribution in [0, 0.1) is 5.82 Å². The number of halogens is 2. The largest absolute Gasteiger partial charge is 0.370 e. The van der Waals surface area contributed by atoms with Crippen LogP contribution in [0.5, 0.6) is 0 Å². The maximum Gasteiger partial charge on any atom is 0.194 e. The third kappa shape index (κ3) is 4.53. The Morgan fingerprint density at radius 3 is 3.04 bits per heavy atom. The molecular weight excluding hydrogens is 357 g/mol. The quantitative estimate of drug-likeness (QED) is 0.655. The number of nitrogens with zero attached hydrogens (tertiary/aromatic N) is 4. The minimum atomic E-state index is -0.418. The summed E-state index contributed by atoms with van der Waals surface area (Å²) in [5, 5.41) is 7.65. The van der Waals surface area contributed by atoms with Gasteiger partial charge < -0.3 is 15.0 Å². The first-order chi connectivity index (χ1) is 12.6. The van der Waals surface area contributed by atoms with Gasteiger partial charge in [-0.1, -0.05) is 17.7 Å². The zero-order valence-electron chi connectivity index (χ0n) is 15.0. The van der Waals surface area contributed by atoms with Crippen LogP contribution in [-0.4, -0.2) is 46.9 Å². The number of ether oxygens (including phenoxy) is 1. The van der Waals surface area contributed by atoms with Crippen molar-refractivity contribution >= 4 is 17.6 Å². The third-order valence-corrected chi connectivity index (χ3v) is 4.48. The van der Waals surface area contributed by atoms with Gasteiger partial charge in [0.25, 0.3) is 0 Å². The minimum Gasteiger partial charge on any atom is -0.370 e. The van der Waals surface area contributed by atoms with E-state index >= 15 is 0 Å². The second-order valence-corrected chi connectivity index (χ2v) is 6.58. The summed E-state index contributed by atoms with van der Waals surface area (Å²) in [6.07, 6.45) is 3.76. The van der Waals surface area contributed by atoms with E-state index in [4.69, 9.17) is 16.3 Å².